The molecule has 5 nitrogen and oxygen atoms in total. The number of rotatable bonds is 4. The minimum atomic E-state index is -0.0974. The molecule has 0 saturated carbocycles. The highest BCUT2D eigenvalue weighted by molar-refractivity contribution is 5.85. The van der Waals surface area contributed by atoms with Crippen molar-refractivity contribution in [3.63, 3.8) is 0 Å². The third kappa shape index (κ3) is 3.30. The summed E-state index contributed by atoms with van der Waals surface area (Å²) in [5.74, 6) is 0.425. The maximum absolute atomic E-state index is 13.2. The highest BCUT2D eigenvalue weighted by atomic mass is 16.5. The summed E-state index contributed by atoms with van der Waals surface area (Å²) >= 11 is 0. The van der Waals surface area contributed by atoms with Crippen LogP contribution in [-0.2, 0) is 22.4 Å². The smallest absolute Gasteiger partial charge is 0.230 e. The number of nitrogens with zero attached hydrogens (tertiary/aromatic N) is 3. The number of likely N-dealkylation sites (tertiary alicyclic amines) is 2. The van der Waals surface area contributed by atoms with Crippen molar-refractivity contribution in [1.82, 2.24) is 14.7 Å². The van der Waals surface area contributed by atoms with Crippen molar-refractivity contribution in [3.05, 3.63) is 35.4 Å². The molecule has 4 aliphatic rings. The summed E-state index contributed by atoms with van der Waals surface area (Å²) in [5, 5.41) is 0. The Morgan fingerprint density at radius 3 is 2.41 bits per heavy atom. The number of fused-ring (bicyclic) bond motifs is 1. The van der Waals surface area contributed by atoms with Gasteiger partial charge in [-0.05, 0) is 43.4 Å². The molecule has 0 radical (unpaired) electrons. The average molecular weight is 370 g/mol. The second-order valence-electron chi connectivity index (χ2n) is 8.83. The zero-order valence-corrected chi connectivity index (χ0v) is 16.2. The molecule has 1 unspecified atom stereocenters. The van der Waals surface area contributed by atoms with Gasteiger partial charge in [0.2, 0.25) is 5.91 Å². The average Bonchev–Trinajstić information content (AvgIpc) is 3.40. The Kier molecular flexibility index (Phi) is 4.70. The van der Waals surface area contributed by atoms with Gasteiger partial charge in [0.1, 0.15) is 0 Å². The summed E-state index contributed by atoms with van der Waals surface area (Å²) in [4.78, 5) is 20.4. The highest BCUT2D eigenvalue weighted by Crippen LogP contribution is 2.42. The molecule has 1 aliphatic carbocycles. The van der Waals surface area contributed by atoms with E-state index in [-0.39, 0.29) is 5.41 Å². The quantitative estimate of drug-likeness (QED) is 0.804. The number of hydrogen-bond donors (Lipinski definition) is 0. The Balaban J connectivity index is 1.18. The number of benzene rings is 1. The van der Waals surface area contributed by atoms with Crippen LogP contribution in [-0.4, -0.2) is 85.7 Å². The van der Waals surface area contributed by atoms with E-state index in [4.69, 9.17) is 4.74 Å². The van der Waals surface area contributed by atoms with E-state index < -0.39 is 0 Å². The molecule has 0 bridgehead atoms. The Morgan fingerprint density at radius 1 is 0.963 bits per heavy atom. The zero-order valence-electron chi connectivity index (χ0n) is 16.2. The molecule has 1 atom stereocenters. The van der Waals surface area contributed by atoms with Gasteiger partial charge >= 0.3 is 0 Å². The molecular weight excluding hydrogens is 338 g/mol. The first kappa shape index (κ1) is 17.7. The molecule has 3 heterocycles. The van der Waals surface area contributed by atoms with Crippen molar-refractivity contribution < 1.29 is 9.53 Å². The maximum Gasteiger partial charge on any atom is 0.230 e. The Hall–Kier alpha value is -1.43. The SMILES string of the molecule is O=C1N(CCN2CCOCC2)CCC12CCN(C1Cc3ccccc3C1)C2. The first-order valence-corrected chi connectivity index (χ1v) is 10.6. The fourth-order valence-corrected chi connectivity index (χ4v) is 5.58. The van der Waals surface area contributed by atoms with Crippen molar-refractivity contribution in [1.29, 1.82) is 0 Å². The Labute approximate surface area is 162 Å². The van der Waals surface area contributed by atoms with E-state index in [2.05, 4.69) is 39.0 Å². The third-order valence-corrected chi connectivity index (χ3v) is 7.32. The van der Waals surface area contributed by atoms with E-state index in [0.29, 0.717) is 11.9 Å². The van der Waals surface area contributed by atoms with Gasteiger partial charge in [-0.2, -0.15) is 0 Å². The molecule has 1 aromatic rings. The van der Waals surface area contributed by atoms with Crippen molar-refractivity contribution in [2.45, 2.75) is 31.7 Å². The zero-order chi connectivity index (χ0) is 18.3. The van der Waals surface area contributed by atoms with E-state index in [1.165, 1.54) is 11.1 Å². The summed E-state index contributed by atoms with van der Waals surface area (Å²) in [6.45, 7) is 8.55. The summed E-state index contributed by atoms with van der Waals surface area (Å²) in [6, 6.07) is 9.45. The Bertz CT molecular complexity index is 678. The van der Waals surface area contributed by atoms with Crippen LogP contribution >= 0.6 is 0 Å². The molecule has 1 spiro atoms. The van der Waals surface area contributed by atoms with Crippen LogP contribution in [0, 0.1) is 5.41 Å². The second kappa shape index (κ2) is 7.19. The van der Waals surface area contributed by atoms with Crippen LogP contribution in [0.25, 0.3) is 0 Å². The number of hydrogen-bond acceptors (Lipinski definition) is 4. The lowest BCUT2D eigenvalue weighted by Crippen LogP contribution is -2.44. The third-order valence-electron chi connectivity index (χ3n) is 7.32. The van der Waals surface area contributed by atoms with Gasteiger partial charge in [0, 0.05) is 45.3 Å². The molecule has 3 saturated heterocycles. The maximum atomic E-state index is 13.2. The van der Waals surface area contributed by atoms with Gasteiger partial charge in [-0.1, -0.05) is 24.3 Å². The number of ether oxygens (including phenoxy) is 1. The monoisotopic (exact) mass is 369 g/mol. The molecule has 3 fully saturated rings. The van der Waals surface area contributed by atoms with Crippen LogP contribution in [0.4, 0.5) is 0 Å². The van der Waals surface area contributed by atoms with E-state index in [1.54, 1.807) is 0 Å². The topological polar surface area (TPSA) is 36.0 Å². The highest BCUT2D eigenvalue weighted by Gasteiger charge is 2.51. The normalized spacial score (nSPS) is 29.9. The molecular formula is C22H31N3O2. The molecule has 27 heavy (non-hydrogen) atoms. The van der Waals surface area contributed by atoms with Crippen LogP contribution in [0.1, 0.15) is 24.0 Å². The van der Waals surface area contributed by atoms with Crippen molar-refractivity contribution >= 4 is 5.91 Å². The molecule has 1 amide bonds. The van der Waals surface area contributed by atoms with E-state index in [1.807, 2.05) is 0 Å². The van der Waals surface area contributed by atoms with Gasteiger partial charge in [-0.15, -0.1) is 0 Å². The van der Waals surface area contributed by atoms with E-state index in [0.717, 1.165) is 84.7 Å². The lowest BCUT2D eigenvalue weighted by molar-refractivity contribution is -0.135. The van der Waals surface area contributed by atoms with Crippen LogP contribution in [0.3, 0.4) is 0 Å². The van der Waals surface area contributed by atoms with E-state index >= 15 is 0 Å². The summed E-state index contributed by atoms with van der Waals surface area (Å²) in [6.07, 6.45) is 4.40. The van der Waals surface area contributed by atoms with Gasteiger partial charge in [-0.25, -0.2) is 0 Å². The molecule has 146 valence electrons. The fourth-order valence-electron chi connectivity index (χ4n) is 5.58. The molecule has 0 aromatic heterocycles. The fraction of sp³-hybridized carbons (Fsp3) is 0.682. The lowest BCUT2D eigenvalue weighted by Gasteiger charge is -2.30. The largest absolute Gasteiger partial charge is 0.379 e. The van der Waals surface area contributed by atoms with Gasteiger partial charge in [-0.3, -0.25) is 14.6 Å². The van der Waals surface area contributed by atoms with Crippen LogP contribution < -0.4 is 0 Å². The van der Waals surface area contributed by atoms with Gasteiger partial charge < -0.3 is 9.64 Å². The number of morpholine rings is 1. The summed E-state index contributed by atoms with van der Waals surface area (Å²) < 4.78 is 5.42. The van der Waals surface area contributed by atoms with Crippen molar-refractivity contribution in [2.24, 2.45) is 5.41 Å². The molecule has 3 aliphatic heterocycles. The minimum Gasteiger partial charge on any atom is -0.379 e. The summed E-state index contributed by atoms with van der Waals surface area (Å²) in [5.41, 5.74) is 2.92. The van der Waals surface area contributed by atoms with Crippen molar-refractivity contribution in [3.8, 4) is 0 Å². The van der Waals surface area contributed by atoms with Crippen LogP contribution in [0.5, 0.6) is 0 Å². The molecule has 0 N–H and O–H groups in total. The molecule has 5 rings (SSSR count). The van der Waals surface area contributed by atoms with Crippen LogP contribution in [0.2, 0.25) is 0 Å². The summed E-state index contributed by atoms with van der Waals surface area (Å²) in [7, 11) is 0. The number of amides is 1. The lowest BCUT2D eigenvalue weighted by atomic mass is 9.85. The molecule has 1 aromatic carbocycles. The number of carbonyl (C=O) groups is 1. The van der Waals surface area contributed by atoms with Gasteiger partial charge in [0.25, 0.3) is 0 Å². The van der Waals surface area contributed by atoms with E-state index in [9.17, 15) is 4.79 Å². The second-order valence-corrected chi connectivity index (χ2v) is 8.83. The first-order chi connectivity index (χ1) is 13.2. The minimum absolute atomic E-state index is 0.0974. The predicted octanol–water partition coefficient (Wildman–Crippen LogP) is 1.41. The van der Waals surface area contributed by atoms with Crippen molar-refractivity contribution in [2.75, 3.05) is 59.0 Å². The van der Waals surface area contributed by atoms with Gasteiger partial charge in [0.05, 0.1) is 18.6 Å². The Morgan fingerprint density at radius 2 is 1.67 bits per heavy atom. The standard InChI is InChI=1S/C22H31N3O2/c26-21-22(5-7-24(21)10-9-23-11-13-27-14-12-23)6-8-25(17-22)20-15-18-3-1-2-4-19(18)16-20/h1-4,20H,5-17H2. The van der Waals surface area contributed by atoms with Crippen LogP contribution in [0.15, 0.2) is 24.3 Å². The number of carbonyl (C=O) groups excluding carboxylic acids is 1. The predicted molar refractivity (Wildman–Crippen MR) is 105 cm³/mol. The molecule has 5 heteroatoms. The van der Waals surface area contributed by atoms with Gasteiger partial charge in [0.15, 0.2) is 0 Å². The first-order valence-electron chi connectivity index (χ1n) is 10.6.